The number of carbonyl (C=O) groups is 1. The van der Waals surface area contributed by atoms with Crippen molar-refractivity contribution in [3.63, 3.8) is 0 Å². The van der Waals surface area contributed by atoms with Crippen LogP contribution in [0.4, 0.5) is 0 Å². The molecule has 3 aromatic rings. The lowest BCUT2D eigenvalue weighted by Gasteiger charge is -2.11. The molecule has 3 rings (SSSR count). The first-order valence-corrected chi connectivity index (χ1v) is 8.45. The van der Waals surface area contributed by atoms with Crippen LogP contribution < -0.4 is 11.3 Å². The van der Waals surface area contributed by atoms with Gasteiger partial charge < -0.3 is 5.73 Å². The Morgan fingerprint density at radius 2 is 2.09 bits per heavy atom. The molecule has 7 heteroatoms. The zero-order valence-electron chi connectivity index (χ0n) is 11.6. The van der Waals surface area contributed by atoms with E-state index in [9.17, 15) is 9.59 Å². The zero-order chi connectivity index (χ0) is 15.5. The molecule has 0 spiro atoms. The number of fused-ring (bicyclic) bond motifs is 1. The van der Waals surface area contributed by atoms with E-state index in [0.717, 1.165) is 4.88 Å². The lowest BCUT2D eigenvalue weighted by atomic mass is 10.2. The SMILES string of the molecule is NC(=O)CSc1nc2ccccc2c(=O)n1Cc1cccs1. The molecule has 0 saturated carbocycles. The highest BCUT2D eigenvalue weighted by Crippen LogP contribution is 2.19. The van der Waals surface area contributed by atoms with Gasteiger partial charge in [-0.15, -0.1) is 11.3 Å². The van der Waals surface area contributed by atoms with Gasteiger partial charge in [0, 0.05) is 4.88 Å². The molecule has 2 N–H and O–H groups in total. The number of thiophene rings is 1. The summed E-state index contributed by atoms with van der Waals surface area (Å²) in [6.07, 6.45) is 0. The summed E-state index contributed by atoms with van der Waals surface area (Å²) in [7, 11) is 0. The van der Waals surface area contributed by atoms with Crippen LogP contribution in [0.25, 0.3) is 10.9 Å². The number of hydrogen-bond acceptors (Lipinski definition) is 5. The van der Waals surface area contributed by atoms with Crippen molar-refractivity contribution in [3.8, 4) is 0 Å². The number of thioether (sulfide) groups is 1. The summed E-state index contributed by atoms with van der Waals surface area (Å²) < 4.78 is 1.60. The highest BCUT2D eigenvalue weighted by atomic mass is 32.2. The maximum absolute atomic E-state index is 12.7. The molecule has 0 aliphatic heterocycles. The zero-order valence-corrected chi connectivity index (χ0v) is 13.2. The van der Waals surface area contributed by atoms with Crippen molar-refractivity contribution in [2.24, 2.45) is 5.73 Å². The van der Waals surface area contributed by atoms with Crippen LogP contribution in [0.3, 0.4) is 0 Å². The molecule has 0 bridgehead atoms. The van der Waals surface area contributed by atoms with Crippen LogP contribution in [0.1, 0.15) is 4.88 Å². The number of aromatic nitrogens is 2. The Bertz CT molecular complexity index is 872. The molecule has 1 aromatic carbocycles. The number of rotatable bonds is 5. The Balaban J connectivity index is 2.12. The van der Waals surface area contributed by atoms with E-state index in [1.807, 2.05) is 29.6 Å². The highest BCUT2D eigenvalue weighted by Gasteiger charge is 2.13. The standard InChI is InChI=1S/C15H13N3O2S2/c16-13(19)9-22-15-17-12-6-2-1-5-11(12)14(20)18(15)8-10-4-3-7-21-10/h1-7H,8-9H2,(H2,16,19). The lowest BCUT2D eigenvalue weighted by molar-refractivity contribution is -0.115. The Labute approximate surface area is 134 Å². The van der Waals surface area contributed by atoms with Crippen molar-refractivity contribution < 1.29 is 4.79 Å². The average Bonchev–Trinajstić information content (AvgIpc) is 3.01. The van der Waals surface area contributed by atoms with Crippen LogP contribution in [0.15, 0.2) is 51.7 Å². The van der Waals surface area contributed by atoms with Crippen LogP contribution in [0.5, 0.6) is 0 Å². The fourth-order valence-electron chi connectivity index (χ4n) is 2.09. The predicted octanol–water partition coefficient (Wildman–Crippen LogP) is 2.08. The molecule has 5 nitrogen and oxygen atoms in total. The van der Waals surface area contributed by atoms with Crippen molar-refractivity contribution in [2.75, 3.05) is 5.75 Å². The Hall–Kier alpha value is -2.12. The number of hydrogen-bond donors (Lipinski definition) is 1. The van der Waals surface area contributed by atoms with Crippen molar-refractivity contribution >= 4 is 39.9 Å². The summed E-state index contributed by atoms with van der Waals surface area (Å²) in [6, 6.07) is 11.1. The normalized spacial score (nSPS) is 10.9. The molecule has 1 amide bonds. The van der Waals surface area contributed by atoms with Gasteiger partial charge in [-0.1, -0.05) is 30.0 Å². The first-order valence-electron chi connectivity index (χ1n) is 6.58. The molecular formula is C15H13N3O2S2. The third kappa shape index (κ3) is 3.05. The molecule has 0 atom stereocenters. The summed E-state index contributed by atoms with van der Waals surface area (Å²) in [4.78, 5) is 29.3. The number of primary amides is 1. The number of amides is 1. The number of nitrogens with zero attached hydrogens (tertiary/aromatic N) is 2. The van der Waals surface area contributed by atoms with Gasteiger partial charge in [0.25, 0.3) is 5.56 Å². The van der Waals surface area contributed by atoms with Gasteiger partial charge in [-0.2, -0.15) is 0 Å². The lowest BCUT2D eigenvalue weighted by Crippen LogP contribution is -2.24. The van der Waals surface area contributed by atoms with Crippen LogP contribution in [0, 0.1) is 0 Å². The fourth-order valence-corrected chi connectivity index (χ4v) is 3.52. The van der Waals surface area contributed by atoms with Crippen LogP contribution in [0.2, 0.25) is 0 Å². The van der Waals surface area contributed by atoms with Gasteiger partial charge in [0.05, 0.1) is 23.2 Å². The third-order valence-electron chi connectivity index (χ3n) is 3.06. The maximum atomic E-state index is 12.7. The molecule has 2 heterocycles. The Kier molecular flexibility index (Phi) is 4.26. The molecule has 0 aliphatic rings. The van der Waals surface area contributed by atoms with Gasteiger partial charge in [-0.25, -0.2) is 4.98 Å². The number of carbonyl (C=O) groups excluding carboxylic acids is 1. The first-order chi connectivity index (χ1) is 10.6. The average molecular weight is 331 g/mol. The summed E-state index contributed by atoms with van der Waals surface area (Å²) in [5.74, 6) is -0.343. The second-order valence-electron chi connectivity index (χ2n) is 4.64. The van der Waals surface area contributed by atoms with Gasteiger partial charge in [-0.05, 0) is 23.6 Å². The van der Waals surface area contributed by atoms with E-state index in [4.69, 9.17) is 5.73 Å². The third-order valence-corrected chi connectivity index (χ3v) is 4.92. The number of para-hydroxylation sites is 1. The van der Waals surface area contributed by atoms with Gasteiger partial charge in [0.1, 0.15) is 0 Å². The minimum atomic E-state index is -0.435. The maximum Gasteiger partial charge on any atom is 0.262 e. The monoisotopic (exact) mass is 331 g/mol. The smallest absolute Gasteiger partial charge is 0.262 e. The summed E-state index contributed by atoms with van der Waals surface area (Å²) in [5.41, 5.74) is 5.73. The summed E-state index contributed by atoms with van der Waals surface area (Å²) >= 11 is 2.76. The van der Waals surface area contributed by atoms with Crippen molar-refractivity contribution in [3.05, 3.63) is 57.0 Å². The van der Waals surface area contributed by atoms with E-state index in [0.29, 0.717) is 22.6 Å². The highest BCUT2D eigenvalue weighted by molar-refractivity contribution is 7.99. The molecule has 0 aliphatic carbocycles. The second kappa shape index (κ2) is 6.33. The number of nitrogens with two attached hydrogens (primary N) is 1. The van der Waals surface area contributed by atoms with E-state index >= 15 is 0 Å². The van der Waals surface area contributed by atoms with E-state index in [-0.39, 0.29) is 11.3 Å². The molecule has 22 heavy (non-hydrogen) atoms. The Morgan fingerprint density at radius 3 is 2.82 bits per heavy atom. The fraction of sp³-hybridized carbons (Fsp3) is 0.133. The molecule has 0 fully saturated rings. The minimum absolute atomic E-state index is 0.0925. The van der Waals surface area contributed by atoms with Crippen molar-refractivity contribution in [1.29, 1.82) is 0 Å². The summed E-state index contributed by atoms with van der Waals surface area (Å²) in [5, 5.41) is 3.05. The molecule has 112 valence electrons. The first kappa shape index (κ1) is 14.8. The quantitative estimate of drug-likeness (QED) is 0.573. The second-order valence-corrected chi connectivity index (χ2v) is 6.61. The molecular weight excluding hydrogens is 318 g/mol. The van der Waals surface area contributed by atoms with E-state index in [2.05, 4.69) is 4.98 Å². The van der Waals surface area contributed by atoms with Gasteiger partial charge in [0.15, 0.2) is 5.16 Å². The molecule has 2 aromatic heterocycles. The van der Waals surface area contributed by atoms with Crippen molar-refractivity contribution in [1.82, 2.24) is 9.55 Å². The topological polar surface area (TPSA) is 78.0 Å². The van der Waals surface area contributed by atoms with Crippen LogP contribution in [-0.4, -0.2) is 21.2 Å². The number of benzene rings is 1. The predicted molar refractivity (Wildman–Crippen MR) is 89.3 cm³/mol. The summed E-state index contributed by atoms with van der Waals surface area (Å²) in [6.45, 7) is 0.440. The van der Waals surface area contributed by atoms with E-state index < -0.39 is 5.91 Å². The molecule has 0 saturated heterocycles. The van der Waals surface area contributed by atoms with E-state index in [1.165, 1.54) is 11.8 Å². The van der Waals surface area contributed by atoms with Crippen LogP contribution >= 0.6 is 23.1 Å². The Morgan fingerprint density at radius 1 is 1.27 bits per heavy atom. The van der Waals surface area contributed by atoms with Gasteiger partial charge >= 0.3 is 0 Å². The van der Waals surface area contributed by atoms with Crippen LogP contribution in [-0.2, 0) is 11.3 Å². The molecule has 0 unspecified atom stereocenters. The van der Waals surface area contributed by atoms with Crippen molar-refractivity contribution in [2.45, 2.75) is 11.7 Å². The molecule has 0 radical (unpaired) electrons. The van der Waals surface area contributed by atoms with Gasteiger partial charge in [0.2, 0.25) is 5.91 Å². The largest absolute Gasteiger partial charge is 0.369 e. The van der Waals surface area contributed by atoms with E-state index in [1.54, 1.807) is 28.0 Å². The minimum Gasteiger partial charge on any atom is -0.369 e. The van der Waals surface area contributed by atoms with Gasteiger partial charge in [-0.3, -0.25) is 14.2 Å².